The van der Waals surface area contributed by atoms with Crippen LogP contribution in [0.4, 0.5) is 0 Å². The largest absolute Gasteiger partial charge is 0.457 e. The maximum atomic E-state index is 12.6. The standard InChI is InChI=1S/C27H17Cl2NO5S/c28-20-10-12-26(23(29)15-20)36(32,33)30-27(31)25-14-19-9-11-22(16-24(19)35-25)34-21-8-4-7-18(13-21)17-5-2-1-3-6-17/h1-16H,(H,30,31). The number of rotatable bonds is 6. The Morgan fingerprint density at radius 2 is 1.53 bits per heavy atom. The minimum absolute atomic E-state index is 0.106. The van der Waals surface area contributed by atoms with Crippen LogP contribution in [0.1, 0.15) is 10.6 Å². The van der Waals surface area contributed by atoms with Crippen LogP contribution in [0.25, 0.3) is 22.1 Å². The van der Waals surface area contributed by atoms with Gasteiger partial charge in [-0.3, -0.25) is 4.79 Å². The van der Waals surface area contributed by atoms with Gasteiger partial charge in [0.15, 0.2) is 5.76 Å². The molecule has 180 valence electrons. The van der Waals surface area contributed by atoms with Crippen molar-refractivity contribution in [1.82, 2.24) is 4.72 Å². The monoisotopic (exact) mass is 537 g/mol. The van der Waals surface area contributed by atoms with E-state index < -0.39 is 15.9 Å². The van der Waals surface area contributed by atoms with Gasteiger partial charge >= 0.3 is 5.91 Å². The molecule has 4 aromatic carbocycles. The fourth-order valence-electron chi connectivity index (χ4n) is 3.61. The Labute approximate surface area is 217 Å². The van der Waals surface area contributed by atoms with Crippen molar-refractivity contribution < 1.29 is 22.4 Å². The maximum absolute atomic E-state index is 12.6. The van der Waals surface area contributed by atoms with Crippen molar-refractivity contribution in [2.75, 3.05) is 0 Å². The Morgan fingerprint density at radius 3 is 2.31 bits per heavy atom. The molecule has 0 aliphatic rings. The molecule has 0 aliphatic heterocycles. The molecule has 9 heteroatoms. The number of amides is 1. The van der Waals surface area contributed by atoms with Crippen LogP contribution < -0.4 is 9.46 Å². The summed E-state index contributed by atoms with van der Waals surface area (Å²) in [6.07, 6.45) is 0. The van der Waals surface area contributed by atoms with Gasteiger partial charge in [-0.05, 0) is 59.7 Å². The second-order valence-electron chi connectivity index (χ2n) is 7.82. The second kappa shape index (κ2) is 9.70. The van der Waals surface area contributed by atoms with E-state index in [0.717, 1.165) is 11.1 Å². The average molecular weight is 538 g/mol. The molecule has 1 aromatic heterocycles. The van der Waals surface area contributed by atoms with Crippen LogP contribution in [-0.2, 0) is 10.0 Å². The summed E-state index contributed by atoms with van der Waals surface area (Å²) in [4.78, 5) is 12.4. The van der Waals surface area contributed by atoms with Crippen LogP contribution >= 0.6 is 23.2 Å². The van der Waals surface area contributed by atoms with Crippen molar-refractivity contribution in [3.8, 4) is 22.6 Å². The average Bonchev–Trinajstić information content (AvgIpc) is 3.28. The molecule has 0 unspecified atom stereocenters. The molecular weight excluding hydrogens is 521 g/mol. The van der Waals surface area contributed by atoms with Crippen molar-refractivity contribution >= 4 is 50.1 Å². The van der Waals surface area contributed by atoms with Gasteiger partial charge in [0.25, 0.3) is 10.0 Å². The van der Waals surface area contributed by atoms with Gasteiger partial charge < -0.3 is 9.15 Å². The van der Waals surface area contributed by atoms with Crippen LogP contribution in [0.5, 0.6) is 11.5 Å². The summed E-state index contributed by atoms with van der Waals surface area (Å²) in [5, 5.41) is 0.769. The van der Waals surface area contributed by atoms with E-state index in [9.17, 15) is 13.2 Å². The number of benzene rings is 4. The molecule has 5 aromatic rings. The Morgan fingerprint density at radius 1 is 0.778 bits per heavy atom. The molecule has 0 fully saturated rings. The third-order valence-electron chi connectivity index (χ3n) is 5.30. The highest BCUT2D eigenvalue weighted by atomic mass is 35.5. The van der Waals surface area contributed by atoms with Gasteiger partial charge in [-0.2, -0.15) is 0 Å². The number of carbonyl (C=O) groups excluding carboxylic acids is 1. The Balaban J connectivity index is 1.36. The predicted octanol–water partition coefficient (Wildman–Crippen LogP) is 7.32. The van der Waals surface area contributed by atoms with Crippen LogP contribution in [-0.4, -0.2) is 14.3 Å². The number of nitrogens with one attached hydrogen (secondary N) is 1. The van der Waals surface area contributed by atoms with Crippen LogP contribution in [0.15, 0.2) is 106 Å². The summed E-state index contributed by atoms with van der Waals surface area (Å²) in [5.74, 6) is 0.0119. The lowest BCUT2D eigenvalue weighted by molar-refractivity contribution is 0.0956. The lowest BCUT2D eigenvalue weighted by Crippen LogP contribution is -2.30. The van der Waals surface area contributed by atoms with Crippen molar-refractivity contribution in [3.05, 3.63) is 113 Å². The van der Waals surface area contributed by atoms with Crippen LogP contribution in [0, 0.1) is 0 Å². The molecule has 36 heavy (non-hydrogen) atoms. The summed E-state index contributed by atoms with van der Waals surface area (Å²) in [6, 6.07) is 28.0. The second-order valence-corrected chi connectivity index (χ2v) is 10.3. The molecule has 0 saturated heterocycles. The zero-order valence-electron chi connectivity index (χ0n) is 18.4. The van der Waals surface area contributed by atoms with E-state index >= 15 is 0 Å². The SMILES string of the molecule is O=C(NS(=O)(=O)c1ccc(Cl)cc1Cl)c1cc2ccc(Oc3cccc(-c4ccccc4)c3)cc2o1. The zero-order valence-corrected chi connectivity index (χ0v) is 20.8. The summed E-state index contributed by atoms with van der Waals surface area (Å²) in [5.41, 5.74) is 2.43. The number of carbonyl (C=O) groups is 1. The third-order valence-corrected chi connectivity index (χ3v) is 7.35. The van der Waals surface area contributed by atoms with Gasteiger partial charge in [0.05, 0.1) is 5.02 Å². The van der Waals surface area contributed by atoms with Crippen molar-refractivity contribution in [1.29, 1.82) is 0 Å². The van der Waals surface area contributed by atoms with E-state index in [1.54, 1.807) is 18.2 Å². The van der Waals surface area contributed by atoms with E-state index in [-0.39, 0.29) is 20.7 Å². The highest BCUT2D eigenvalue weighted by molar-refractivity contribution is 7.90. The first-order valence-corrected chi connectivity index (χ1v) is 12.9. The van der Waals surface area contributed by atoms with Crippen molar-refractivity contribution in [2.24, 2.45) is 0 Å². The van der Waals surface area contributed by atoms with Gasteiger partial charge in [-0.25, -0.2) is 13.1 Å². The number of furan rings is 1. The maximum Gasteiger partial charge on any atom is 0.300 e. The van der Waals surface area contributed by atoms with E-state index in [2.05, 4.69) is 0 Å². The molecule has 0 atom stereocenters. The molecule has 0 aliphatic carbocycles. The number of hydrogen-bond acceptors (Lipinski definition) is 5. The number of ether oxygens (including phenoxy) is 1. The summed E-state index contributed by atoms with van der Waals surface area (Å²) in [7, 11) is -4.24. The Kier molecular flexibility index (Phi) is 6.45. The summed E-state index contributed by atoms with van der Waals surface area (Å²) < 4.78 is 38.8. The highest BCUT2D eigenvalue weighted by Gasteiger charge is 2.24. The van der Waals surface area contributed by atoms with Gasteiger partial charge in [-0.15, -0.1) is 0 Å². The highest BCUT2D eigenvalue weighted by Crippen LogP contribution is 2.31. The molecule has 0 saturated carbocycles. The van der Waals surface area contributed by atoms with Crippen molar-refractivity contribution in [2.45, 2.75) is 4.90 Å². The van der Waals surface area contributed by atoms with Gasteiger partial charge in [0.2, 0.25) is 0 Å². The van der Waals surface area contributed by atoms with E-state index in [0.29, 0.717) is 22.5 Å². The topological polar surface area (TPSA) is 85.6 Å². The van der Waals surface area contributed by atoms with E-state index in [1.807, 2.05) is 59.3 Å². The van der Waals surface area contributed by atoms with Crippen LogP contribution in [0.2, 0.25) is 10.0 Å². The quantitative estimate of drug-likeness (QED) is 0.245. The zero-order chi connectivity index (χ0) is 25.3. The molecule has 1 heterocycles. The molecule has 6 nitrogen and oxygen atoms in total. The number of sulfonamides is 1. The minimum Gasteiger partial charge on any atom is -0.457 e. The third kappa shape index (κ3) is 5.09. The molecule has 0 bridgehead atoms. The molecule has 0 radical (unpaired) electrons. The van der Waals surface area contributed by atoms with Gasteiger partial charge in [-0.1, -0.05) is 65.7 Å². The van der Waals surface area contributed by atoms with E-state index in [1.165, 1.54) is 24.3 Å². The number of fused-ring (bicyclic) bond motifs is 1. The van der Waals surface area contributed by atoms with Crippen molar-refractivity contribution in [3.63, 3.8) is 0 Å². The Hall–Kier alpha value is -3.78. The normalized spacial score (nSPS) is 11.4. The summed E-state index contributed by atoms with van der Waals surface area (Å²) in [6.45, 7) is 0. The van der Waals surface area contributed by atoms with Gasteiger partial charge in [0, 0.05) is 16.5 Å². The lowest BCUT2D eigenvalue weighted by Gasteiger charge is -2.08. The number of halogens is 2. The van der Waals surface area contributed by atoms with Gasteiger partial charge in [0.1, 0.15) is 22.0 Å². The first kappa shape index (κ1) is 23.9. The summed E-state index contributed by atoms with van der Waals surface area (Å²) >= 11 is 11.8. The smallest absolute Gasteiger partial charge is 0.300 e. The minimum atomic E-state index is -4.24. The predicted molar refractivity (Wildman–Crippen MR) is 139 cm³/mol. The Bertz CT molecular complexity index is 1700. The molecule has 1 N–H and O–H groups in total. The first-order valence-electron chi connectivity index (χ1n) is 10.7. The first-order chi connectivity index (χ1) is 17.3. The molecular formula is C27H17Cl2NO5S. The lowest BCUT2D eigenvalue weighted by atomic mass is 10.1. The molecule has 1 amide bonds. The van der Waals surface area contributed by atoms with E-state index in [4.69, 9.17) is 32.4 Å². The molecule has 0 spiro atoms. The van der Waals surface area contributed by atoms with Crippen LogP contribution in [0.3, 0.4) is 0 Å². The number of hydrogen-bond donors (Lipinski definition) is 1. The fraction of sp³-hybridized carbons (Fsp3) is 0. The fourth-order valence-corrected chi connectivity index (χ4v) is 5.34. The molecule has 5 rings (SSSR count).